The maximum Gasteiger partial charge on any atom is 0.450 e. The minimum Gasteiger partial charge on any atom is -0.338 e. The lowest BCUT2D eigenvalue weighted by Gasteiger charge is -2.31. The van der Waals surface area contributed by atoms with Crippen LogP contribution in [0, 0.1) is 0 Å². The summed E-state index contributed by atoms with van der Waals surface area (Å²) in [5, 5.41) is 0. The van der Waals surface area contributed by atoms with Gasteiger partial charge in [0.2, 0.25) is 5.79 Å². The van der Waals surface area contributed by atoms with E-state index in [-0.39, 0.29) is 6.92 Å². The minimum absolute atomic E-state index is 0.236. The van der Waals surface area contributed by atoms with E-state index in [9.17, 15) is 35.1 Å². The summed E-state index contributed by atoms with van der Waals surface area (Å²) < 4.78 is 107. The van der Waals surface area contributed by atoms with Gasteiger partial charge in [-0.05, 0) is 6.92 Å². The quantitative estimate of drug-likeness (QED) is 0.724. The summed E-state index contributed by atoms with van der Waals surface area (Å²) in [6, 6.07) is 0. The van der Waals surface area contributed by atoms with E-state index in [2.05, 4.69) is 9.47 Å². The van der Waals surface area contributed by atoms with Crippen molar-refractivity contribution in [3.63, 3.8) is 0 Å². The van der Waals surface area contributed by atoms with Gasteiger partial charge in [-0.3, -0.25) is 4.74 Å². The lowest BCUT2D eigenvalue weighted by Crippen LogP contribution is -2.50. The van der Waals surface area contributed by atoms with Crippen molar-refractivity contribution < 1.29 is 44.6 Å². The van der Waals surface area contributed by atoms with Crippen LogP contribution in [0.5, 0.6) is 0 Å². The van der Waals surface area contributed by atoms with E-state index in [1.54, 1.807) is 0 Å². The monoisotopic (exact) mass is 286 g/mol. The van der Waals surface area contributed by atoms with Crippen molar-refractivity contribution >= 4 is 0 Å². The van der Waals surface area contributed by atoms with Gasteiger partial charge in [-0.15, -0.1) is 0 Å². The van der Waals surface area contributed by atoms with Crippen LogP contribution in [0.1, 0.15) is 6.92 Å². The zero-order valence-corrected chi connectivity index (χ0v) is 8.62. The van der Waals surface area contributed by atoms with Crippen LogP contribution in [0.15, 0.2) is 12.2 Å². The fourth-order valence-corrected chi connectivity index (χ4v) is 1.17. The van der Waals surface area contributed by atoms with Crippen molar-refractivity contribution in [2.24, 2.45) is 0 Å². The number of hydrogen-bond acceptors (Lipinski definition) is 2. The zero-order chi connectivity index (χ0) is 14.4. The van der Waals surface area contributed by atoms with Crippen molar-refractivity contribution in [2.45, 2.75) is 30.7 Å². The highest BCUT2D eigenvalue weighted by molar-refractivity contribution is 5.05. The fourth-order valence-electron chi connectivity index (χ4n) is 1.17. The van der Waals surface area contributed by atoms with Crippen molar-refractivity contribution in [1.29, 1.82) is 0 Å². The summed E-state index contributed by atoms with van der Waals surface area (Å²) in [5.41, 5.74) is 0. The molecule has 1 rings (SSSR count). The molecule has 106 valence electrons. The summed E-state index contributed by atoms with van der Waals surface area (Å²) in [6.07, 6.45) is -9.45. The lowest BCUT2D eigenvalue weighted by atomic mass is 10.1. The third-order valence-corrected chi connectivity index (χ3v) is 2.21. The van der Waals surface area contributed by atoms with Crippen molar-refractivity contribution in [3.8, 4) is 0 Å². The van der Waals surface area contributed by atoms with Gasteiger partial charge in [0.05, 0.1) is 6.08 Å². The van der Waals surface area contributed by atoms with Gasteiger partial charge in [-0.1, -0.05) is 0 Å². The summed E-state index contributed by atoms with van der Waals surface area (Å²) in [5.74, 6) is -12.6. The van der Waals surface area contributed by atoms with E-state index >= 15 is 0 Å². The van der Waals surface area contributed by atoms with Crippen LogP contribution in [0.25, 0.3) is 0 Å². The number of ether oxygens (including phenoxy) is 2. The van der Waals surface area contributed by atoms with E-state index < -0.39 is 42.5 Å². The van der Waals surface area contributed by atoms with Crippen LogP contribution in [0.3, 0.4) is 0 Å². The second-order valence-electron chi connectivity index (χ2n) is 3.62. The molecule has 0 aromatic carbocycles. The first-order valence-corrected chi connectivity index (χ1v) is 4.34. The van der Waals surface area contributed by atoms with Crippen LogP contribution in [-0.2, 0) is 9.47 Å². The Morgan fingerprint density at radius 3 is 2.00 bits per heavy atom. The molecule has 2 unspecified atom stereocenters. The predicted octanol–water partition coefficient (Wildman–Crippen LogP) is 3.39. The Balaban J connectivity index is 3.04. The Bertz CT molecular complexity index is 361. The molecular formula is C8H6F8O2. The first-order chi connectivity index (χ1) is 7.83. The molecule has 1 saturated heterocycles. The average molecular weight is 286 g/mol. The average Bonchev–Trinajstić information content (AvgIpc) is 2.42. The maximum atomic E-state index is 13.2. The van der Waals surface area contributed by atoms with Crippen molar-refractivity contribution in [1.82, 2.24) is 0 Å². The highest BCUT2D eigenvalue weighted by Crippen LogP contribution is 2.49. The Morgan fingerprint density at radius 2 is 1.67 bits per heavy atom. The number of halogens is 8. The Hall–Kier alpha value is -0.900. The van der Waals surface area contributed by atoms with Gasteiger partial charge in [-0.2, -0.15) is 35.1 Å². The van der Waals surface area contributed by atoms with Crippen LogP contribution in [0.4, 0.5) is 35.1 Å². The van der Waals surface area contributed by atoms with Crippen LogP contribution < -0.4 is 0 Å². The molecule has 1 aliphatic rings. The van der Waals surface area contributed by atoms with Gasteiger partial charge in [0.15, 0.2) is 0 Å². The van der Waals surface area contributed by atoms with E-state index in [0.29, 0.717) is 0 Å². The molecule has 2 nitrogen and oxygen atoms in total. The first-order valence-electron chi connectivity index (χ1n) is 4.34. The largest absolute Gasteiger partial charge is 0.450 e. The molecule has 10 heteroatoms. The molecule has 0 amide bonds. The third kappa shape index (κ3) is 2.44. The zero-order valence-electron chi connectivity index (χ0n) is 8.62. The molecule has 0 radical (unpaired) electrons. The summed E-state index contributed by atoms with van der Waals surface area (Å²) in [6.45, 7) is -1.64. The van der Waals surface area contributed by atoms with Gasteiger partial charge in [0.1, 0.15) is 6.61 Å². The molecule has 0 saturated carbocycles. The van der Waals surface area contributed by atoms with E-state index in [0.717, 1.165) is 0 Å². The molecule has 1 aliphatic heterocycles. The molecular weight excluding hydrogens is 280 g/mol. The smallest absolute Gasteiger partial charge is 0.338 e. The summed E-state index contributed by atoms with van der Waals surface area (Å²) in [4.78, 5) is 0. The third-order valence-electron chi connectivity index (χ3n) is 2.21. The molecule has 0 bridgehead atoms. The molecule has 0 spiro atoms. The lowest BCUT2D eigenvalue weighted by molar-refractivity contribution is -0.359. The molecule has 0 aromatic heterocycles. The van der Waals surface area contributed by atoms with Gasteiger partial charge in [-0.25, -0.2) is 0 Å². The Morgan fingerprint density at radius 1 is 1.17 bits per heavy atom. The molecule has 0 N–H and O–H groups in total. The Labute approximate surface area is 95.1 Å². The van der Waals surface area contributed by atoms with Gasteiger partial charge >= 0.3 is 18.0 Å². The molecule has 0 aliphatic carbocycles. The molecule has 2 atom stereocenters. The normalized spacial score (nSPS) is 33.6. The maximum absolute atomic E-state index is 13.2. The van der Waals surface area contributed by atoms with Gasteiger partial charge < -0.3 is 4.74 Å². The number of hydrogen-bond donors (Lipinski definition) is 0. The van der Waals surface area contributed by atoms with Gasteiger partial charge in [0.25, 0.3) is 6.08 Å². The second kappa shape index (κ2) is 4.05. The van der Waals surface area contributed by atoms with Crippen LogP contribution >= 0.6 is 0 Å². The summed E-state index contributed by atoms with van der Waals surface area (Å²) >= 11 is 0. The highest BCUT2D eigenvalue weighted by Gasteiger charge is 2.70. The standard InChI is InChI=1S/C8H6F8O2/c1-5(6(11,12)2-4(9)10)17-3-7(13,18-5)8(14,15)16/h2H,3H2,1H3. The number of alkyl halides is 6. The second-order valence-corrected chi connectivity index (χ2v) is 3.62. The Kier molecular flexibility index (Phi) is 3.41. The van der Waals surface area contributed by atoms with Crippen molar-refractivity contribution in [3.05, 3.63) is 12.2 Å². The molecule has 0 aromatic rings. The fraction of sp³-hybridized carbons (Fsp3) is 0.750. The summed E-state index contributed by atoms with van der Waals surface area (Å²) in [7, 11) is 0. The van der Waals surface area contributed by atoms with Crippen molar-refractivity contribution in [2.75, 3.05) is 6.61 Å². The SMILES string of the molecule is CC1(C(F)(F)C=C(F)F)OCC(F)(C(F)(F)F)O1. The number of rotatable bonds is 2. The predicted molar refractivity (Wildman–Crippen MR) is 40.6 cm³/mol. The van der Waals surface area contributed by atoms with Crippen LogP contribution in [-0.4, -0.2) is 30.3 Å². The molecule has 1 heterocycles. The highest BCUT2D eigenvalue weighted by atomic mass is 19.4. The topological polar surface area (TPSA) is 18.5 Å². The molecule has 1 fully saturated rings. The van der Waals surface area contributed by atoms with E-state index in [4.69, 9.17) is 0 Å². The minimum atomic E-state index is -5.63. The van der Waals surface area contributed by atoms with E-state index in [1.165, 1.54) is 0 Å². The van der Waals surface area contributed by atoms with Gasteiger partial charge in [0, 0.05) is 0 Å². The van der Waals surface area contributed by atoms with E-state index in [1.807, 2.05) is 0 Å². The first kappa shape index (κ1) is 15.2. The molecule has 18 heavy (non-hydrogen) atoms. The van der Waals surface area contributed by atoms with Crippen LogP contribution in [0.2, 0.25) is 0 Å².